The largest absolute Gasteiger partial charge is 0.373 e. The summed E-state index contributed by atoms with van der Waals surface area (Å²) in [6, 6.07) is 15.5. The Bertz CT molecular complexity index is 764. The van der Waals surface area contributed by atoms with E-state index in [0.29, 0.717) is 23.7 Å². The van der Waals surface area contributed by atoms with Gasteiger partial charge < -0.3 is 14.5 Å². The van der Waals surface area contributed by atoms with Gasteiger partial charge in [-0.15, -0.1) is 0 Å². The van der Waals surface area contributed by atoms with Gasteiger partial charge in [0.05, 0.1) is 18.8 Å². The first-order valence-corrected chi connectivity index (χ1v) is 9.23. The highest BCUT2D eigenvalue weighted by atomic mass is 35.5. The third kappa shape index (κ3) is 4.09. The quantitative estimate of drug-likeness (QED) is 0.818. The van der Waals surface area contributed by atoms with E-state index < -0.39 is 0 Å². The minimum Gasteiger partial charge on any atom is -0.373 e. The molecular weight excluding hydrogens is 348 g/mol. The normalized spacial score (nSPS) is 20.4. The molecule has 138 valence electrons. The van der Waals surface area contributed by atoms with Crippen LogP contribution < -0.4 is 0 Å². The van der Waals surface area contributed by atoms with Crippen molar-refractivity contribution in [3.05, 3.63) is 70.2 Å². The zero-order valence-electron chi connectivity index (χ0n) is 15.5. The van der Waals surface area contributed by atoms with Crippen LogP contribution in [-0.2, 0) is 4.74 Å². The Balaban J connectivity index is 1.96. The van der Waals surface area contributed by atoms with Crippen molar-refractivity contribution in [1.82, 2.24) is 9.80 Å². The van der Waals surface area contributed by atoms with E-state index in [1.165, 1.54) is 0 Å². The zero-order valence-corrected chi connectivity index (χ0v) is 16.2. The second kappa shape index (κ2) is 8.21. The summed E-state index contributed by atoms with van der Waals surface area (Å²) >= 11 is 6.25. The number of rotatable bonds is 4. The minimum absolute atomic E-state index is 0.00666. The first kappa shape index (κ1) is 18.9. The fraction of sp³-hybridized carbons (Fsp3) is 0.381. The molecule has 2 atom stereocenters. The number of carbonyl (C=O) groups is 1. The van der Waals surface area contributed by atoms with E-state index in [0.717, 1.165) is 17.7 Å². The summed E-state index contributed by atoms with van der Waals surface area (Å²) in [6.45, 7) is 3.78. The third-order valence-corrected chi connectivity index (χ3v) is 5.13. The molecule has 1 amide bonds. The van der Waals surface area contributed by atoms with Gasteiger partial charge in [-0.2, -0.15) is 0 Å². The first-order chi connectivity index (χ1) is 12.5. The minimum atomic E-state index is -0.125. The smallest absolute Gasteiger partial charge is 0.254 e. The fourth-order valence-electron chi connectivity index (χ4n) is 3.41. The Morgan fingerprint density at radius 3 is 2.62 bits per heavy atom. The average molecular weight is 373 g/mol. The van der Waals surface area contributed by atoms with Gasteiger partial charge in [-0.05, 0) is 44.3 Å². The third-order valence-electron chi connectivity index (χ3n) is 4.72. The van der Waals surface area contributed by atoms with Crippen molar-refractivity contribution in [3.8, 4) is 0 Å². The van der Waals surface area contributed by atoms with Crippen LogP contribution in [0.4, 0.5) is 0 Å². The lowest BCUT2D eigenvalue weighted by Crippen LogP contribution is -2.51. The number of aryl methyl sites for hydroxylation is 1. The van der Waals surface area contributed by atoms with E-state index in [2.05, 4.69) is 17.0 Å². The molecule has 26 heavy (non-hydrogen) atoms. The van der Waals surface area contributed by atoms with Gasteiger partial charge >= 0.3 is 0 Å². The second-order valence-electron chi connectivity index (χ2n) is 6.99. The maximum Gasteiger partial charge on any atom is 0.254 e. The molecule has 1 saturated heterocycles. The summed E-state index contributed by atoms with van der Waals surface area (Å²) in [4.78, 5) is 17.3. The fourth-order valence-corrected chi connectivity index (χ4v) is 3.59. The predicted octanol–water partition coefficient (Wildman–Crippen LogP) is 3.79. The molecule has 3 rings (SSSR count). The molecule has 0 N–H and O–H groups in total. The first-order valence-electron chi connectivity index (χ1n) is 8.86. The second-order valence-corrected chi connectivity index (χ2v) is 7.40. The van der Waals surface area contributed by atoms with Crippen molar-refractivity contribution in [2.45, 2.75) is 19.1 Å². The monoisotopic (exact) mass is 372 g/mol. The average Bonchev–Trinajstić information content (AvgIpc) is 2.63. The molecular formula is C21H25ClN2O2. The summed E-state index contributed by atoms with van der Waals surface area (Å²) in [5, 5.41) is 0.616. The van der Waals surface area contributed by atoms with E-state index in [9.17, 15) is 4.79 Å². The Hall–Kier alpha value is -1.88. The summed E-state index contributed by atoms with van der Waals surface area (Å²) in [7, 11) is 4.04. The van der Waals surface area contributed by atoms with E-state index in [1.807, 2.05) is 56.3 Å². The number of nitrogens with zero attached hydrogens (tertiary/aromatic N) is 2. The van der Waals surface area contributed by atoms with Crippen molar-refractivity contribution < 1.29 is 9.53 Å². The van der Waals surface area contributed by atoms with Crippen molar-refractivity contribution in [1.29, 1.82) is 0 Å². The maximum absolute atomic E-state index is 13.3. The van der Waals surface area contributed by atoms with Crippen LogP contribution in [0.1, 0.15) is 27.5 Å². The molecule has 0 unspecified atom stereocenters. The summed E-state index contributed by atoms with van der Waals surface area (Å²) in [5.74, 6) is -0.00666. The highest BCUT2D eigenvalue weighted by molar-refractivity contribution is 6.31. The molecule has 2 aromatic carbocycles. The van der Waals surface area contributed by atoms with Crippen molar-refractivity contribution in [2.24, 2.45) is 0 Å². The number of morpholine rings is 1. The number of likely N-dealkylation sites (N-methyl/N-ethyl adjacent to an activating group) is 1. The lowest BCUT2D eigenvalue weighted by Gasteiger charge is -2.42. The molecule has 4 nitrogen and oxygen atoms in total. The van der Waals surface area contributed by atoms with Crippen molar-refractivity contribution >= 4 is 17.5 Å². The highest BCUT2D eigenvalue weighted by Crippen LogP contribution is 2.32. The van der Waals surface area contributed by atoms with Crippen molar-refractivity contribution in [3.63, 3.8) is 0 Å². The van der Waals surface area contributed by atoms with Crippen LogP contribution in [-0.4, -0.2) is 55.6 Å². The summed E-state index contributed by atoms with van der Waals surface area (Å²) < 4.78 is 6.05. The molecule has 1 heterocycles. The van der Waals surface area contributed by atoms with Crippen LogP contribution in [0, 0.1) is 6.92 Å². The number of carbonyl (C=O) groups excluding carboxylic acids is 1. The molecule has 5 heteroatoms. The van der Waals surface area contributed by atoms with Crippen LogP contribution in [0.25, 0.3) is 0 Å². The zero-order chi connectivity index (χ0) is 18.7. The van der Waals surface area contributed by atoms with Gasteiger partial charge in [-0.1, -0.05) is 48.0 Å². The van der Waals surface area contributed by atoms with Gasteiger partial charge in [0, 0.05) is 23.7 Å². The van der Waals surface area contributed by atoms with Crippen LogP contribution >= 0.6 is 11.6 Å². The summed E-state index contributed by atoms with van der Waals surface area (Å²) in [6.07, 6.45) is -0.0778. The topological polar surface area (TPSA) is 32.8 Å². The maximum atomic E-state index is 13.3. The summed E-state index contributed by atoms with van der Waals surface area (Å²) in [5.41, 5.74) is 2.67. The van der Waals surface area contributed by atoms with Gasteiger partial charge in [0.2, 0.25) is 0 Å². The SMILES string of the molecule is Cc1ccc(C(=O)N2CCO[C@@H](CN(C)C)[C@@H]2c2ccccc2)cc1Cl. The van der Waals surface area contributed by atoms with Crippen LogP contribution in [0.5, 0.6) is 0 Å². The molecule has 0 radical (unpaired) electrons. The Morgan fingerprint density at radius 1 is 1.23 bits per heavy atom. The number of hydrogen-bond acceptors (Lipinski definition) is 3. The highest BCUT2D eigenvalue weighted by Gasteiger charge is 2.37. The number of halogens is 1. The van der Waals surface area contributed by atoms with Gasteiger partial charge in [0.1, 0.15) is 0 Å². The lowest BCUT2D eigenvalue weighted by molar-refractivity contribution is -0.0684. The number of amides is 1. The molecule has 2 aromatic rings. The number of ether oxygens (including phenoxy) is 1. The van der Waals surface area contributed by atoms with E-state index in [4.69, 9.17) is 16.3 Å². The predicted molar refractivity (Wildman–Crippen MR) is 105 cm³/mol. The Kier molecular flexibility index (Phi) is 5.97. The van der Waals surface area contributed by atoms with E-state index >= 15 is 0 Å². The van der Waals surface area contributed by atoms with Crippen LogP contribution in [0.3, 0.4) is 0 Å². The van der Waals surface area contributed by atoms with Gasteiger partial charge in [0.15, 0.2) is 0 Å². The Morgan fingerprint density at radius 2 is 1.96 bits per heavy atom. The lowest BCUT2D eigenvalue weighted by atomic mass is 9.96. The number of benzene rings is 2. The van der Waals surface area contributed by atoms with Gasteiger partial charge in [-0.25, -0.2) is 0 Å². The molecule has 0 saturated carbocycles. The van der Waals surface area contributed by atoms with Gasteiger partial charge in [0.25, 0.3) is 5.91 Å². The van der Waals surface area contributed by atoms with Crippen LogP contribution in [0.2, 0.25) is 5.02 Å². The van der Waals surface area contributed by atoms with Crippen LogP contribution in [0.15, 0.2) is 48.5 Å². The van der Waals surface area contributed by atoms with E-state index in [1.54, 1.807) is 6.07 Å². The standard InChI is InChI=1S/C21H25ClN2O2/c1-15-9-10-17(13-18(15)22)21(25)24-11-12-26-19(14-23(2)3)20(24)16-7-5-4-6-8-16/h4-10,13,19-20H,11-12,14H2,1-3H3/t19-,20-/m0/s1. The molecule has 1 fully saturated rings. The molecule has 1 aliphatic heterocycles. The number of hydrogen-bond donors (Lipinski definition) is 0. The Labute approximate surface area is 160 Å². The van der Waals surface area contributed by atoms with E-state index in [-0.39, 0.29) is 18.1 Å². The van der Waals surface area contributed by atoms with Gasteiger partial charge in [-0.3, -0.25) is 4.79 Å². The molecule has 0 bridgehead atoms. The molecule has 0 aromatic heterocycles. The molecule has 0 aliphatic carbocycles. The molecule has 0 spiro atoms. The van der Waals surface area contributed by atoms with Crippen molar-refractivity contribution in [2.75, 3.05) is 33.8 Å². The molecule has 1 aliphatic rings.